The molecule has 3 nitrogen and oxygen atoms in total. The van der Waals surface area contributed by atoms with Gasteiger partial charge in [0, 0.05) is 5.69 Å². The Morgan fingerprint density at radius 2 is 1.73 bits per heavy atom. The van der Waals surface area contributed by atoms with Crippen LogP contribution in [-0.4, -0.2) is 5.91 Å². The molecule has 26 heavy (non-hydrogen) atoms. The second-order valence-corrected chi connectivity index (χ2v) is 6.02. The molecule has 0 aliphatic heterocycles. The van der Waals surface area contributed by atoms with Crippen molar-refractivity contribution in [2.75, 3.05) is 5.32 Å². The summed E-state index contributed by atoms with van der Waals surface area (Å²) in [5.74, 6) is -0.667. The maximum absolute atomic E-state index is 12.8. The number of nitrogens with one attached hydrogen (secondary N) is 1. The highest BCUT2D eigenvalue weighted by atomic mass is 19.4. The van der Waals surface area contributed by atoms with Gasteiger partial charge < -0.3 is 5.32 Å². The van der Waals surface area contributed by atoms with Gasteiger partial charge in [0.05, 0.1) is 5.56 Å². The topological polar surface area (TPSA) is 52.9 Å². The van der Waals surface area contributed by atoms with Gasteiger partial charge in [0.2, 0.25) is 0 Å². The SMILES string of the molecule is Cc1cc(C)c(NC(=O)/C(C#N)=C/c2cccc(C(F)(F)F)c2)c(C)c1. The van der Waals surface area contributed by atoms with Gasteiger partial charge in [-0.05, 0) is 55.7 Å². The Labute approximate surface area is 149 Å². The zero-order valence-electron chi connectivity index (χ0n) is 14.5. The maximum atomic E-state index is 12.8. The van der Waals surface area contributed by atoms with Crippen LogP contribution in [0.25, 0.3) is 6.08 Å². The van der Waals surface area contributed by atoms with Gasteiger partial charge in [-0.1, -0.05) is 29.8 Å². The zero-order valence-corrected chi connectivity index (χ0v) is 14.5. The van der Waals surface area contributed by atoms with Crippen LogP contribution < -0.4 is 5.32 Å². The predicted molar refractivity (Wildman–Crippen MR) is 94.3 cm³/mol. The zero-order chi connectivity index (χ0) is 19.5. The second-order valence-electron chi connectivity index (χ2n) is 6.02. The van der Waals surface area contributed by atoms with Crippen molar-refractivity contribution in [2.24, 2.45) is 0 Å². The molecule has 2 aromatic carbocycles. The van der Waals surface area contributed by atoms with E-state index in [-0.39, 0.29) is 11.1 Å². The van der Waals surface area contributed by atoms with E-state index in [2.05, 4.69) is 5.32 Å². The summed E-state index contributed by atoms with van der Waals surface area (Å²) in [6.45, 7) is 5.59. The number of carbonyl (C=O) groups is 1. The van der Waals surface area contributed by atoms with Gasteiger partial charge in [-0.3, -0.25) is 4.79 Å². The number of carbonyl (C=O) groups excluding carboxylic acids is 1. The molecule has 1 N–H and O–H groups in total. The minimum absolute atomic E-state index is 0.129. The Hall–Kier alpha value is -3.07. The number of benzene rings is 2. The van der Waals surface area contributed by atoms with E-state index in [0.717, 1.165) is 34.9 Å². The minimum Gasteiger partial charge on any atom is -0.321 e. The number of nitriles is 1. The average molecular weight is 358 g/mol. The molecule has 0 unspecified atom stereocenters. The Morgan fingerprint density at radius 3 is 2.27 bits per heavy atom. The number of nitrogens with zero attached hydrogens (tertiary/aromatic N) is 1. The van der Waals surface area contributed by atoms with Gasteiger partial charge in [-0.25, -0.2) is 0 Å². The van der Waals surface area contributed by atoms with Crippen LogP contribution in [0, 0.1) is 32.1 Å². The van der Waals surface area contributed by atoms with E-state index < -0.39 is 17.6 Å². The van der Waals surface area contributed by atoms with Crippen molar-refractivity contribution in [2.45, 2.75) is 26.9 Å². The second kappa shape index (κ2) is 7.44. The summed E-state index contributed by atoms with van der Waals surface area (Å²) in [4.78, 5) is 12.4. The van der Waals surface area contributed by atoms with Crippen molar-refractivity contribution < 1.29 is 18.0 Å². The van der Waals surface area contributed by atoms with Crippen LogP contribution in [-0.2, 0) is 11.0 Å². The summed E-state index contributed by atoms with van der Waals surface area (Å²) < 4.78 is 38.4. The first-order chi connectivity index (χ1) is 12.1. The van der Waals surface area contributed by atoms with Crippen molar-refractivity contribution in [3.05, 3.63) is 69.8 Å². The molecular formula is C20H17F3N2O. The molecular weight excluding hydrogens is 341 g/mol. The highest BCUT2D eigenvalue weighted by Gasteiger charge is 2.30. The van der Waals surface area contributed by atoms with Gasteiger partial charge in [-0.2, -0.15) is 18.4 Å². The standard InChI is InChI=1S/C20H17F3N2O/c1-12-7-13(2)18(14(3)8-12)25-19(26)16(11-24)9-15-5-4-6-17(10-15)20(21,22)23/h4-10H,1-3H3,(H,25,26)/b16-9+. The molecule has 0 heterocycles. The molecule has 0 aromatic heterocycles. The molecule has 0 saturated heterocycles. The molecule has 134 valence electrons. The number of alkyl halides is 3. The first kappa shape index (κ1) is 19.3. The van der Waals surface area contributed by atoms with E-state index in [1.165, 1.54) is 12.1 Å². The summed E-state index contributed by atoms with van der Waals surface area (Å²) in [6, 6.07) is 10.0. The molecule has 6 heteroatoms. The Bertz CT molecular complexity index is 898. The van der Waals surface area contributed by atoms with Crippen molar-refractivity contribution in [3.63, 3.8) is 0 Å². The Kier molecular flexibility index (Phi) is 5.51. The fourth-order valence-corrected chi connectivity index (χ4v) is 2.68. The van der Waals surface area contributed by atoms with E-state index in [9.17, 15) is 23.2 Å². The van der Waals surface area contributed by atoms with Crippen LogP contribution in [0.1, 0.15) is 27.8 Å². The molecule has 0 aliphatic rings. The van der Waals surface area contributed by atoms with E-state index in [1.54, 1.807) is 6.07 Å². The molecule has 0 aliphatic carbocycles. The van der Waals surface area contributed by atoms with Gasteiger partial charge in [0.25, 0.3) is 5.91 Å². The van der Waals surface area contributed by atoms with E-state index in [1.807, 2.05) is 32.9 Å². The highest BCUT2D eigenvalue weighted by Crippen LogP contribution is 2.30. The summed E-state index contributed by atoms with van der Waals surface area (Å²) >= 11 is 0. The smallest absolute Gasteiger partial charge is 0.321 e. The number of hydrogen-bond acceptors (Lipinski definition) is 2. The van der Waals surface area contributed by atoms with Gasteiger partial charge >= 0.3 is 6.18 Å². The number of hydrogen-bond donors (Lipinski definition) is 1. The third kappa shape index (κ3) is 4.51. The highest BCUT2D eigenvalue weighted by molar-refractivity contribution is 6.10. The van der Waals surface area contributed by atoms with Gasteiger partial charge in [-0.15, -0.1) is 0 Å². The predicted octanol–water partition coefficient (Wildman–Crippen LogP) is 5.18. The maximum Gasteiger partial charge on any atom is 0.416 e. The molecule has 2 aromatic rings. The van der Waals surface area contributed by atoms with Crippen LogP contribution in [0.4, 0.5) is 18.9 Å². The summed E-state index contributed by atoms with van der Waals surface area (Å²) in [6.07, 6.45) is -3.35. The van der Waals surface area contributed by atoms with Crippen molar-refractivity contribution in [1.29, 1.82) is 5.26 Å². The number of rotatable bonds is 3. The number of amides is 1. The van der Waals surface area contributed by atoms with E-state index >= 15 is 0 Å². The van der Waals surface area contributed by atoms with Crippen molar-refractivity contribution >= 4 is 17.7 Å². The van der Waals surface area contributed by atoms with Crippen LogP contribution in [0.5, 0.6) is 0 Å². The normalized spacial score (nSPS) is 11.8. The Balaban J connectivity index is 2.33. The van der Waals surface area contributed by atoms with Crippen molar-refractivity contribution in [1.82, 2.24) is 0 Å². The molecule has 2 rings (SSSR count). The van der Waals surface area contributed by atoms with Gasteiger partial charge in [0.15, 0.2) is 0 Å². The third-order valence-electron chi connectivity index (χ3n) is 3.81. The van der Waals surface area contributed by atoms with Gasteiger partial charge in [0.1, 0.15) is 11.6 Å². The largest absolute Gasteiger partial charge is 0.416 e. The van der Waals surface area contributed by atoms with Crippen molar-refractivity contribution in [3.8, 4) is 6.07 Å². The van der Waals surface area contributed by atoms with Crippen LogP contribution >= 0.6 is 0 Å². The lowest BCUT2D eigenvalue weighted by atomic mass is 10.0. The van der Waals surface area contributed by atoms with E-state index in [4.69, 9.17) is 0 Å². The van der Waals surface area contributed by atoms with Crippen LogP contribution in [0.3, 0.4) is 0 Å². The summed E-state index contributed by atoms with van der Waals surface area (Å²) in [5.41, 5.74) is 2.32. The monoisotopic (exact) mass is 358 g/mol. The number of aryl methyl sites for hydroxylation is 3. The first-order valence-electron chi connectivity index (χ1n) is 7.80. The lowest BCUT2D eigenvalue weighted by Gasteiger charge is -2.12. The molecule has 0 saturated carbocycles. The summed E-state index contributed by atoms with van der Waals surface area (Å²) in [7, 11) is 0. The molecule has 0 atom stereocenters. The minimum atomic E-state index is -4.49. The molecule has 1 amide bonds. The summed E-state index contributed by atoms with van der Waals surface area (Å²) in [5, 5.41) is 11.9. The number of anilines is 1. The van der Waals surface area contributed by atoms with Crippen LogP contribution in [0.2, 0.25) is 0 Å². The lowest BCUT2D eigenvalue weighted by Crippen LogP contribution is -2.15. The molecule has 0 spiro atoms. The Morgan fingerprint density at radius 1 is 1.12 bits per heavy atom. The molecule has 0 bridgehead atoms. The molecule has 0 fully saturated rings. The fraction of sp³-hybridized carbons (Fsp3) is 0.200. The van der Waals surface area contributed by atoms with Crippen LogP contribution in [0.15, 0.2) is 42.0 Å². The first-order valence-corrected chi connectivity index (χ1v) is 7.80. The average Bonchev–Trinajstić information content (AvgIpc) is 2.55. The van der Waals surface area contributed by atoms with E-state index in [0.29, 0.717) is 5.69 Å². The fourth-order valence-electron chi connectivity index (χ4n) is 2.68. The molecule has 0 radical (unpaired) electrons. The third-order valence-corrected chi connectivity index (χ3v) is 3.81. The number of halogens is 3. The quantitative estimate of drug-likeness (QED) is 0.607. The lowest BCUT2D eigenvalue weighted by molar-refractivity contribution is -0.137.